The molecule has 0 heterocycles. The molecule has 102 valence electrons. The molecule has 0 amide bonds. The van der Waals surface area contributed by atoms with Crippen molar-refractivity contribution in [2.45, 2.75) is 58.0 Å². The summed E-state index contributed by atoms with van der Waals surface area (Å²) in [5, 5.41) is 21.5. The summed E-state index contributed by atoms with van der Waals surface area (Å²) >= 11 is 0. The van der Waals surface area contributed by atoms with Crippen LogP contribution in [0.15, 0.2) is 12.2 Å². The third-order valence-corrected chi connectivity index (χ3v) is 5.36. The molecule has 18 heavy (non-hydrogen) atoms. The number of rotatable bonds is 2. The van der Waals surface area contributed by atoms with Gasteiger partial charge in [0, 0.05) is 0 Å². The van der Waals surface area contributed by atoms with Crippen molar-refractivity contribution in [2.24, 2.45) is 17.3 Å². The maximum Gasteiger partial charge on any atom is 0.0671 e. The van der Waals surface area contributed by atoms with Gasteiger partial charge in [-0.2, -0.15) is 0 Å². The minimum atomic E-state index is -1.14. The average Bonchev–Trinajstić information content (AvgIpc) is 2.27. The Morgan fingerprint density at radius 1 is 1.33 bits per heavy atom. The number of fused-ring (bicyclic) bond motifs is 1. The molecule has 2 rings (SSSR count). The van der Waals surface area contributed by atoms with Crippen molar-refractivity contribution in [3.63, 3.8) is 0 Å². The Balaban J connectivity index is 2.19. The molecule has 2 aliphatic carbocycles. The number of carbonyl (C=O) groups is 1. The predicted octanol–water partition coefficient (Wildman–Crippen LogP) is 1.65. The molecule has 2 fully saturated rings. The van der Waals surface area contributed by atoms with Gasteiger partial charge in [0.05, 0.1) is 11.6 Å². The standard InChI is InChI=1S/C15H24O3/c1-10(13(16)17)11-5-8-14(2)6-4-7-15(3,18)12(14)9-11/h11-12,18H,1,4-9H2,2-3H3,(H,16,17)/p-1/t11-,12-,14+,15+/m1/s1. The molecule has 3 heteroatoms. The number of carboxylic acids is 1. The second kappa shape index (κ2) is 4.37. The molecule has 2 saturated carbocycles. The molecule has 0 spiro atoms. The third-order valence-electron chi connectivity index (χ3n) is 5.36. The SMILES string of the molecule is C=C(C(=O)[O-])[C@@H]1CC[C@]2(C)CCC[C@](C)(O)[C@@H]2C1. The van der Waals surface area contributed by atoms with Crippen LogP contribution in [0.25, 0.3) is 0 Å². The third kappa shape index (κ3) is 2.20. The first-order valence-electron chi connectivity index (χ1n) is 6.89. The van der Waals surface area contributed by atoms with Crippen LogP contribution >= 0.6 is 0 Å². The van der Waals surface area contributed by atoms with Crippen LogP contribution in [-0.2, 0) is 4.79 Å². The highest BCUT2D eigenvalue weighted by molar-refractivity contribution is 5.84. The van der Waals surface area contributed by atoms with Gasteiger partial charge in [-0.1, -0.05) is 19.9 Å². The molecule has 0 aromatic carbocycles. The van der Waals surface area contributed by atoms with Crippen molar-refractivity contribution in [3.8, 4) is 0 Å². The number of carboxylic acid groups (broad SMARTS) is 1. The van der Waals surface area contributed by atoms with E-state index in [2.05, 4.69) is 13.5 Å². The summed E-state index contributed by atoms with van der Waals surface area (Å²) in [6, 6.07) is 0. The lowest BCUT2D eigenvalue weighted by atomic mass is 9.53. The molecule has 4 atom stereocenters. The van der Waals surface area contributed by atoms with Gasteiger partial charge in [-0.3, -0.25) is 0 Å². The molecule has 0 unspecified atom stereocenters. The quantitative estimate of drug-likeness (QED) is 0.759. The Hall–Kier alpha value is -0.830. The van der Waals surface area contributed by atoms with Crippen molar-refractivity contribution in [2.75, 3.05) is 0 Å². The van der Waals surface area contributed by atoms with Crippen LogP contribution < -0.4 is 5.11 Å². The lowest BCUT2D eigenvalue weighted by Crippen LogP contribution is -2.51. The average molecular weight is 251 g/mol. The van der Waals surface area contributed by atoms with E-state index in [0.717, 1.165) is 38.5 Å². The van der Waals surface area contributed by atoms with Crippen LogP contribution in [0.1, 0.15) is 52.4 Å². The summed E-state index contributed by atoms with van der Waals surface area (Å²) in [6.45, 7) is 7.78. The zero-order chi connectivity index (χ0) is 13.6. The second-order valence-electron chi connectivity index (χ2n) is 6.70. The van der Waals surface area contributed by atoms with E-state index < -0.39 is 11.6 Å². The molecule has 0 aliphatic heterocycles. The monoisotopic (exact) mass is 251 g/mol. The van der Waals surface area contributed by atoms with E-state index in [-0.39, 0.29) is 22.8 Å². The maximum atomic E-state index is 10.9. The summed E-state index contributed by atoms with van der Waals surface area (Å²) in [7, 11) is 0. The first-order valence-corrected chi connectivity index (χ1v) is 6.89. The predicted molar refractivity (Wildman–Crippen MR) is 67.6 cm³/mol. The lowest BCUT2D eigenvalue weighted by molar-refractivity contribution is -0.300. The van der Waals surface area contributed by atoms with Crippen molar-refractivity contribution >= 4 is 5.97 Å². The first kappa shape index (κ1) is 13.6. The molecular formula is C15H23O3-. The molecule has 3 nitrogen and oxygen atoms in total. The molecule has 0 bridgehead atoms. The number of aliphatic hydroxyl groups is 1. The molecule has 0 aromatic rings. The van der Waals surface area contributed by atoms with E-state index >= 15 is 0 Å². The zero-order valence-electron chi connectivity index (χ0n) is 11.4. The van der Waals surface area contributed by atoms with Crippen LogP contribution in [0.5, 0.6) is 0 Å². The summed E-state index contributed by atoms with van der Waals surface area (Å²) in [5.41, 5.74) is -0.305. The summed E-state index contributed by atoms with van der Waals surface area (Å²) in [4.78, 5) is 10.9. The Bertz CT molecular complexity index is 372. The number of hydrogen-bond acceptors (Lipinski definition) is 3. The second-order valence-corrected chi connectivity index (χ2v) is 6.70. The van der Waals surface area contributed by atoms with Crippen LogP contribution in [0.2, 0.25) is 0 Å². The summed E-state index contributed by atoms with van der Waals surface area (Å²) < 4.78 is 0. The van der Waals surface area contributed by atoms with Crippen molar-refractivity contribution in [3.05, 3.63) is 12.2 Å². The smallest absolute Gasteiger partial charge is 0.0671 e. The Morgan fingerprint density at radius 3 is 2.61 bits per heavy atom. The topological polar surface area (TPSA) is 60.4 Å². The van der Waals surface area contributed by atoms with Crippen molar-refractivity contribution in [1.29, 1.82) is 0 Å². The largest absolute Gasteiger partial charge is 0.545 e. The van der Waals surface area contributed by atoms with E-state index in [9.17, 15) is 15.0 Å². The van der Waals surface area contributed by atoms with Gasteiger partial charge in [-0.15, -0.1) is 0 Å². The van der Waals surface area contributed by atoms with Gasteiger partial charge in [-0.25, -0.2) is 0 Å². The molecule has 0 radical (unpaired) electrons. The van der Waals surface area contributed by atoms with E-state index in [1.54, 1.807) is 0 Å². The fraction of sp³-hybridized carbons (Fsp3) is 0.800. The lowest BCUT2D eigenvalue weighted by Gasteiger charge is -2.54. The summed E-state index contributed by atoms with van der Waals surface area (Å²) in [5.74, 6) is -0.995. The minimum absolute atomic E-state index is 0.0300. The number of aliphatic carboxylic acids is 1. The molecule has 1 N–H and O–H groups in total. The van der Waals surface area contributed by atoms with Crippen LogP contribution in [-0.4, -0.2) is 16.7 Å². The molecular weight excluding hydrogens is 228 g/mol. The Labute approximate surface area is 109 Å². The van der Waals surface area contributed by atoms with E-state index in [0.29, 0.717) is 0 Å². The highest BCUT2D eigenvalue weighted by atomic mass is 16.4. The van der Waals surface area contributed by atoms with Crippen LogP contribution in [0.3, 0.4) is 0 Å². The van der Waals surface area contributed by atoms with Crippen molar-refractivity contribution < 1.29 is 15.0 Å². The summed E-state index contributed by atoms with van der Waals surface area (Å²) in [6.07, 6.45) is 5.58. The molecule has 2 aliphatic rings. The van der Waals surface area contributed by atoms with Gasteiger partial charge in [0.25, 0.3) is 0 Å². The van der Waals surface area contributed by atoms with Gasteiger partial charge < -0.3 is 15.0 Å². The highest BCUT2D eigenvalue weighted by Crippen LogP contribution is 2.56. The molecule has 0 aromatic heterocycles. The minimum Gasteiger partial charge on any atom is -0.545 e. The van der Waals surface area contributed by atoms with Gasteiger partial charge >= 0.3 is 0 Å². The first-order chi connectivity index (χ1) is 8.26. The molecule has 0 saturated heterocycles. The fourth-order valence-electron chi connectivity index (χ4n) is 4.18. The van der Waals surface area contributed by atoms with Gasteiger partial charge in [0.15, 0.2) is 0 Å². The fourth-order valence-corrected chi connectivity index (χ4v) is 4.18. The van der Waals surface area contributed by atoms with Crippen LogP contribution in [0, 0.1) is 17.3 Å². The van der Waals surface area contributed by atoms with Gasteiger partial charge in [0.1, 0.15) is 0 Å². The normalized spacial score (nSPS) is 44.2. The van der Waals surface area contributed by atoms with Crippen LogP contribution in [0.4, 0.5) is 0 Å². The van der Waals surface area contributed by atoms with Crippen molar-refractivity contribution in [1.82, 2.24) is 0 Å². The van der Waals surface area contributed by atoms with E-state index in [1.165, 1.54) is 0 Å². The maximum absolute atomic E-state index is 10.9. The van der Waals surface area contributed by atoms with Gasteiger partial charge in [0.2, 0.25) is 0 Å². The number of carbonyl (C=O) groups excluding carboxylic acids is 1. The van der Waals surface area contributed by atoms with E-state index in [1.807, 2.05) is 6.92 Å². The Kier molecular flexibility index (Phi) is 3.30. The van der Waals surface area contributed by atoms with E-state index in [4.69, 9.17) is 0 Å². The van der Waals surface area contributed by atoms with Gasteiger partial charge in [-0.05, 0) is 61.9 Å². The number of hydrogen-bond donors (Lipinski definition) is 1. The Morgan fingerprint density at radius 2 is 2.00 bits per heavy atom. The highest BCUT2D eigenvalue weighted by Gasteiger charge is 2.50. The zero-order valence-corrected chi connectivity index (χ0v) is 11.4.